The molecule has 4 aliphatic carbocycles. The van der Waals surface area contributed by atoms with E-state index in [1.54, 1.807) is 11.1 Å². The predicted molar refractivity (Wildman–Crippen MR) is 120 cm³/mol. The van der Waals surface area contributed by atoms with Crippen molar-refractivity contribution in [2.75, 3.05) is 0 Å². The Morgan fingerprint density at radius 1 is 1.17 bits per heavy atom. The van der Waals surface area contributed by atoms with Crippen LogP contribution in [0.5, 0.6) is 0 Å². The van der Waals surface area contributed by atoms with E-state index < -0.39 is 0 Å². The van der Waals surface area contributed by atoms with Crippen molar-refractivity contribution in [1.29, 1.82) is 0 Å². The second kappa shape index (κ2) is 8.40. The molecule has 1 unspecified atom stereocenters. The van der Waals surface area contributed by atoms with Crippen LogP contribution < -0.4 is 0 Å². The zero-order valence-electron chi connectivity index (χ0n) is 18.2. The smallest absolute Gasteiger partial charge is 0.0749 e. The van der Waals surface area contributed by atoms with Crippen molar-refractivity contribution in [3.05, 3.63) is 59.3 Å². The van der Waals surface area contributed by atoms with Gasteiger partial charge in [0.25, 0.3) is 0 Å². The molecule has 5 atom stereocenters. The van der Waals surface area contributed by atoms with Gasteiger partial charge in [-0.25, -0.2) is 0 Å². The standard InChI is InChI=1S/C27H38O2/c1-18-6-12-23(28)17-22(18)11-8-20-5-4-16-27(3)24(13-14-25(20)27)19(2)7-15-26(29)21-9-10-21/h7-8,11,13,15,19,21,23,25-26,28-29H,1,4-6,9-10,12,14,16-17H2,2-3H3/b15-7+,20-8+,22-11-/t19?,23-,25-,26+,27+/m0/s1. The van der Waals surface area contributed by atoms with Gasteiger partial charge in [0, 0.05) is 0 Å². The normalized spacial score (nSPS) is 37.8. The zero-order valence-corrected chi connectivity index (χ0v) is 18.2. The topological polar surface area (TPSA) is 40.5 Å². The summed E-state index contributed by atoms with van der Waals surface area (Å²) in [5, 5.41) is 20.2. The molecule has 3 fully saturated rings. The molecule has 0 aliphatic heterocycles. The first-order valence-corrected chi connectivity index (χ1v) is 11.7. The maximum atomic E-state index is 10.2. The minimum Gasteiger partial charge on any atom is -0.393 e. The van der Waals surface area contributed by atoms with Crippen molar-refractivity contribution < 1.29 is 10.2 Å². The Labute approximate surface area is 176 Å². The fourth-order valence-corrected chi connectivity index (χ4v) is 5.93. The molecule has 0 heterocycles. The Morgan fingerprint density at radius 3 is 2.72 bits per heavy atom. The van der Waals surface area contributed by atoms with Crippen LogP contribution in [-0.4, -0.2) is 22.4 Å². The Hall–Kier alpha value is -1.38. The average molecular weight is 395 g/mol. The van der Waals surface area contributed by atoms with Crippen LogP contribution in [0, 0.1) is 23.2 Å². The number of hydrogen-bond acceptors (Lipinski definition) is 2. The molecule has 2 heteroatoms. The van der Waals surface area contributed by atoms with E-state index in [-0.39, 0.29) is 17.6 Å². The van der Waals surface area contributed by atoms with Gasteiger partial charge >= 0.3 is 0 Å². The minimum absolute atomic E-state index is 0.208. The molecule has 4 aliphatic rings. The third-order valence-corrected chi connectivity index (χ3v) is 7.99. The Bertz CT molecular complexity index is 763. The van der Waals surface area contributed by atoms with Crippen LogP contribution in [0.3, 0.4) is 0 Å². The van der Waals surface area contributed by atoms with Gasteiger partial charge in [0.2, 0.25) is 0 Å². The Balaban J connectivity index is 1.48. The summed E-state index contributed by atoms with van der Waals surface area (Å²) in [6, 6.07) is 0. The highest BCUT2D eigenvalue weighted by Crippen LogP contribution is 2.56. The van der Waals surface area contributed by atoms with Gasteiger partial charge < -0.3 is 10.2 Å². The van der Waals surface area contributed by atoms with Crippen LogP contribution in [0.25, 0.3) is 0 Å². The highest BCUT2D eigenvalue weighted by molar-refractivity contribution is 5.39. The number of aliphatic hydroxyl groups is 2. The van der Waals surface area contributed by atoms with Crippen LogP contribution >= 0.6 is 0 Å². The first kappa shape index (κ1) is 20.9. The molecule has 0 bridgehead atoms. The lowest BCUT2D eigenvalue weighted by atomic mass is 9.62. The third-order valence-electron chi connectivity index (χ3n) is 7.99. The highest BCUT2D eigenvalue weighted by Gasteiger charge is 2.45. The lowest BCUT2D eigenvalue weighted by Crippen LogP contribution is -2.32. The molecule has 0 aromatic rings. The van der Waals surface area contributed by atoms with Crippen molar-refractivity contribution in [3.8, 4) is 0 Å². The molecule has 0 radical (unpaired) electrons. The van der Waals surface area contributed by atoms with Gasteiger partial charge in [-0.3, -0.25) is 0 Å². The van der Waals surface area contributed by atoms with E-state index in [0.29, 0.717) is 17.8 Å². The maximum absolute atomic E-state index is 10.2. The number of hydrogen-bond donors (Lipinski definition) is 2. The van der Waals surface area contributed by atoms with Crippen LogP contribution in [0.15, 0.2) is 59.3 Å². The van der Waals surface area contributed by atoms with E-state index >= 15 is 0 Å². The second-order valence-electron chi connectivity index (χ2n) is 10.2. The summed E-state index contributed by atoms with van der Waals surface area (Å²) in [5.74, 6) is 1.49. The van der Waals surface area contributed by atoms with Crippen LogP contribution in [-0.2, 0) is 0 Å². The van der Waals surface area contributed by atoms with Crippen LogP contribution in [0.1, 0.15) is 71.6 Å². The number of allylic oxidation sites excluding steroid dienone is 7. The van der Waals surface area contributed by atoms with Gasteiger partial charge in [0.05, 0.1) is 12.2 Å². The summed E-state index contributed by atoms with van der Waals surface area (Å²) < 4.78 is 0. The molecule has 4 rings (SSSR count). The largest absolute Gasteiger partial charge is 0.393 e. The van der Waals surface area contributed by atoms with Gasteiger partial charge in [-0.2, -0.15) is 0 Å². The molecular weight excluding hydrogens is 356 g/mol. The van der Waals surface area contributed by atoms with Crippen molar-refractivity contribution in [1.82, 2.24) is 0 Å². The molecular formula is C27H38O2. The summed E-state index contributed by atoms with van der Waals surface area (Å²) in [7, 11) is 0. The molecule has 0 saturated heterocycles. The first-order chi connectivity index (χ1) is 13.9. The molecule has 0 spiro atoms. The van der Waals surface area contributed by atoms with E-state index in [9.17, 15) is 10.2 Å². The minimum atomic E-state index is -0.254. The lowest BCUT2D eigenvalue weighted by Gasteiger charge is -2.42. The molecule has 158 valence electrons. The molecule has 2 nitrogen and oxygen atoms in total. The Kier molecular flexibility index (Phi) is 6.04. The highest BCUT2D eigenvalue weighted by atomic mass is 16.3. The lowest BCUT2D eigenvalue weighted by molar-refractivity contribution is 0.158. The SMILES string of the molecule is C=C1CC[C@H](O)C/C1=C/C=C1\CCC[C@]2(C)C(C(C)/C=C/[C@@H](O)C3CC3)=CC[C@@H]12. The molecule has 0 amide bonds. The van der Waals surface area contributed by atoms with E-state index in [2.05, 4.69) is 44.7 Å². The van der Waals surface area contributed by atoms with Crippen molar-refractivity contribution in [2.45, 2.75) is 83.8 Å². The average Bonchev–Trinajstić information content (AvgIpc) is 3.48. The fraction of sp³-hybridized carbons (Fsp3) is 0.630. The fourth-order valence-electron chi connectivity index (χ4n) is 5.93. The predicted octanol–water partition coefficient (Wildman–Crippen LogP) is 6.04. The molecule has 0 aromatic heterocycles. The third kappa shape index (κ3) is 4.39. The van der Waals surface area contributed by atoms with E-state index in [1.807, 2.05) is 6.08 Å². The molecule has 3 saturated carbocycles. The van der Waals surface area contributed by atoms with Crippen molar-refractivity contribution in [3.63, 3.8) is 0 Å². The van der Waals surface area contributed by atoms with Gasteiger partial charge in [-0.1, -0.05) is 67.5 Å². The maximum Gasteiger partial charge on any atom is 0.0749 e. The molecule has 2 N–H and O–H groups in total. The Morgan fingerprint density at radius 2 is 1.97 bits per heavy atom. The summed E-state index contributed by atoms with van der Waals surface area (Å²) in [6.45, 7) is 8.97. The quantitative estimate of drug-likeness (QED) is 0.558. The molecule has 0 aromatic carbocycles. The van der Waals surface area contributed by atoms with Crippen LogP contribution in [0.4, 0.5) is 0 Å². The second-order valence-corrected chi connectivity index (χ2v) is 10.2. The van der Waals surface area contributed by atoms with E-state index in [4.69, 9.17) is 0 Å². The summed E-state index contributed by atoms with van der Waals surface area (Å²) >= 11 is 0. The number of aliphatic hydroxyl groups excluding tert-OH is 2. The zero-order chi connectivity index (χ0) is 20.6. The number of rotatable bonds is 5. The summed E-state index contributed by atoms with van der Waals surface area (Å²) in [4.78, 5) is 0. The van der Waals surface area contributed by atoms with Gasteiger partial charge in [-0.15, -0.1) is 0 Å². The monoisotopic (exact) mass is 394 g/mol. The van der Waals surface area contributed by atoms with E-state index in [1.165, 1.54) is 43.3 Å². The van der Waals surface area contributed by atoms with Gasteiger partial charge in [-0.05, 0) is 86.5 Å². The first-order valence-electron chi connectivity index (χ1n) is 11.7. The van der Waals surface area contributed by atoms with Gasteiger partial charge in [0.15, 0.2) is 0 Å². The van der Waals surface area contributed by atoms with E-state index in [0.717, 1.165) is 25.7 Å². The van der Waals surface area contributed by atoms with Crippen molar-refractivity contribution >= 4 is 0 Å². The van der Waals surface area contributed by atoms with Crippen molar-refractivity contribution in [2.24, 2.45) is 23.2 Å². The summed E-state index contributed by atoms with van der Waals surface area (Å²) in [6.07, 6.45) is 20.6. The summed E-state index contributed by atoms with van der Waals surface area (Å²) in [5.41, 5.74) is 5.81. The number of fused-ring (bicyclic) bond motifs is 1. The van der Waals surface area contributed by atoms with Crippen LogP contribution in [0.2, 0.25) is 0 Å². The van der Waals surface area contributed by atoms with Gasteiger partial charge in [0.1, 0.15) is 0 Å². The molecule has 29 heavy (non-hydrogen) atoms.